The summed E-state index contributed by atoms with van der Waals surface area (Å²) in [5.41, 5.74) is 7.34. The van der Waals surface area contributed by atoms with Crippen LogP contribution in [0.25, 0.3) is 6.08 Å². The Balaban J connectivity index is 2.09. The molecule has 0 unspecified atom stereocenters. The van der Waals surface area contributed by atoms with Gasteiger partial charge in [0.05, 0.1) is 0 Å². The Labute approximate surface area is 168 Å². The van der Waals surface area contributed by atoms with E-state index in [1.54, 1.807) is 0 Å². The molecule has 0 saturated heterocycles. The zero-order valence-electron chi connectivity index (χ0n) is 17.7. The average molecular weight is 391 g/mol. The van der Waals surface area contributed by atoms with Crippen LogP contribution in [0.2, 0.25) is 26.2 Å². The maximum absolute atomic E-state index is 3.63. The van der Waals surface area contributed by atoms with Crippen molar-refractivity contribution in [3.05, 3.63) is 65.9 Å². The summed E-state index contributed by atoms with van der Waals surface area (Å²) >= 11 is 0. The normalized spacial score (nSPS) is 12.0. The number of hydrogen-bond acceptors (Lipinski definition) is 0. The van der Waals surface area contributed by atoms with Crippen LogP contribution in [0.4, 0.5) is 0 Å². The Kier molecular flexibility index (Phi) is 7.89. The van der Waals surface area contributed by atoms with Gasteiger partial charge in [0, 0.05) is 6.42 Å². The molecule has 2 rings (SSSR count). The Morgan fingerprint density at radius 3 is 2.07 bits per heavy atom. The van der Waals surface area contributed by atoms with Crippen LogP contribution < -0.4 is 10.4 Å². The molecule has 0 fully saturated rings. The molecule has 27 heavy (non-hydrogen) atoms. The largest absolute Gasteiger partial charge is 0.162 e. The molecular weight excluding hydrogens is 356 g/mol. The first-order chi connectivity index (χ1) is 12.8. The second-order valence-electron chi connectivity index (χ2n) is 8.43. The Morgan fingerprint density at radius 2 is 1.44 bits per heavy atom. The van der Waals surface area contributed by atoms with Crippen molar-refractivity contribution < 1.29 is 0 Å². The van der Waals surface area contributed by atoms with E-state index >= 15 is 0 Å². The number of hydrogen-bond donors (Lipinski definition) is 0. The van der Waals surface area contributed by atoms with Crippen LogP contribution in [0.3, 0.4) is 0 Å². The minimum Gasteiger partial charge on any atom is -0.126 e. The fourth-order valence-corrected chi connectivity index (χ4v) is 6.64. The molecule has 0 bridgehead atoms. The standard InChI is InChI=1S/C25H34Si2/c1-6-7-8-9-13-21-26(2,3)24-16-18-25(19-17-24)27(4,5)22-20-23-14-11-10-12-15-23/h10-12,14-20,22H,6-9H2,1-5H3/b22-20+. The minimum absolute atomic E-state index is 1.05. The van der Waals surface area contributed by atoms with Crippen molar-refractivity contribution in [3.8, 4) is 11.5 Å². The monoisotopic (exact) mass is 390 g/mol. The topological polar surface area (TPSA) is 0 Å². The fourth-order valence-electron chi connectivity index (χ4n) is 3.10. The molecule has 0 aliphatic rings. The molecule has 0 radical (unpaired) electrons. The predicted molar refractivity (Wildman–Crippen MR) is 128 cm³/mol. The van der Waals surface area contributed by atoms with Crippen molar-refractivity contribution in [2.24, 2.45) is 0 Å². The van der Waals surface area contributed by atoms with Gasteiger partial charge in [0.25, 0.3) is 0 Å². The summed E-state index contributed by atoms with van der Waals surface area (Å²) in [6.07, 6.45) is 7.12. The molecule has 2 heteroatoms. The lowest BCUT2D eigenvalue weighted by Gasteiger charge is -2.21. The number of rotatable bonds is 7. The number of benzene rings is 2. The van der Waals surface area contributed by atoms with E-state index in [-0.39, 0.29) is 0 Å². The highest BCUT2D eigenvalue weighted by Crippen LogP contribution is 2.10. The number of unbranched alkanes of at least 4 members (excludes halogenated alkanes) is 3. The minimum atomic E-state index is -1.66. The van der Waals surface area contributed by atoms with E-state index in [1.165, 1.54) is 35.2 Å². The van der Waals surface area contributed by atoms with E-state index in [0.29, 0.717) is 0 Å². The molecule has 0 aliphatic heterocycles. The lowest BCUT2D eigenvalue weighted by Crippen LogP contribution is -2.44. The molecule has 0 spiro atoms. The van der Waals surface area contributed by atoms with Crippen LogP contribution in [0.1, 0.15) is 38.2 Å². The molecule has 0 saturated carbocycles. The van der Waals surface area contributed by atoms with Crippen molar-refractivity contribution >= 4 is 32.6 Å². The van der Waals surface area contributed by atoms with Crippen LogP contribution in [0.15, 0.2) is 60.3 Å². The van der Waals surface area contributed by atoms with E-state index in [2.05, 4.69) is 111 Å². The quantitative estimate of drug-likeness (QED) is 0.314. The third-order valence-electron chi connectivity index (χ3n) is 5.15. The summed E-state index contributed by atoms with van der Waals surface area (Å²) in [5.74, 6) is 3.45. The van der Waals surface area contributed by atoms with Gasteiger partial charge in [-0.2, -0.15) is 0 Å². The molecule has 0 heterocycles. The van der Waals surface area contributed by atoms with Crippen molar-refractivity contribution in [2.45, 2.75) is 58.8 Å². The van der Waals surface area contributed by atoms with Crippen molar-refractivity contribution in [1.82, 2.24) is 0 Å². The maximum atomic E-state index is 3.63. The van der Waals surface area contributed by atoms with Crippen molar-refractivity contribution in [3.63, 3.8) is 0 Å². The van der Waals surface area contributed by atoms with Gasteiger partial charge in [-0.15, -0.1) is 11.5 Å². The molecule has 0 N–H and O–H groups in total. The summed E-state index contributed by atoms with van der Waals surface area (Å²) in [7, 11) is -3.24. The second-order valence-corrected chi connectivity index (χ2v) is 16.9. The molecule has 142 valence electrons. The first kappa shape index (κ1) is 21.5. The van der Waals surface area contributed by atoms with E-state index in [9.17, 15) is 0 Å². The lowest BCUT2D eigenvalue weighted by atomic mass is 10.2. The van der Waals surface area contributed by atoms with E-state index in [0.717, 1.165) is 6.42 Å². The Hall–Kier alpha value is -1.83. The third kappa shape index (κ3) is 6.68. The molecule has 0 aliphatic carbocycles. The van der Waals surface area contributed by atoms with E-state index in [1.807, 2.05) is 0 Å². The van der Waals surface area contributed by atoms with Gasteiger partial charge in [-0.3, -0.25) is 0 Å². The van der Waals surface area contributed by atoms with Gasteiger partial charge in [-0.05, 0) is 17.2 Å². The zero-order valence-corrected chi connectivity index (χ0v) is 19.7. The molecule has 2 aromatic rings. The highest BCUT2D eigenvalue weighted by Gasteiger charge is 2.24. The first-order valence-corrected chi connectivity index (χ1v) is 16.3. The van der Waals surface area contributed by atoms with Gasteiger partial charge in [0.2, 0.25) is 0 Å². The van der Waals surface area contributed by atoms with Crippen LogP contribution >= 0.6 is 0 Å². The smallest absolute Gasteiger partial charge is 0.126 e. The zero-order chi connectivity index (χ0) is 19.8. The first-order valence-electron chi connectivity index (χ1n) is 10.2. The summed E-state index contributed by atoms with van der Waals surface area (Å²) in [6, 6.07) is 20.0. The lowest BCUT2D eigenvalue weighted by molar-refractivity contribution is 0.737. The van der Waals surface area contributed by atoms with E-state index < -0.39 is 16.1 Å². The van der Waals surface area contributed by atoms with Gasteiger partial charge in [0.1, 0.15) is 8.07 Å². The van der Waals surface area contributed by atoms with Crippen molar-refractivity contribution in [1.29, 1.82) is 0 Å². The van der Waals surface area contributed by atoms with Crippen molar-refractivity contribution in [2.75, 3.05) is 0 Å². The summed E-state index contributed by atoms with van der Waals surface area (Å²) in [5, 5.41) is 2.94. The van der Waals surface area contributed by atoms with Crippen LogP contribution in [0.5, 0.6) is 0 Å². The van der Waals surface area contributed by atoms with Gasteiger partial charge in [-0.25, -0.2) is 0 Å². The average Bonchev–Trinajstić information content (AvgIpc) is 2.67. The van der Waals surface area contributed by atoms with E-state index in [4.69, 9.17) is 0 Å². The maximum Gasteiger partial charge on any atom is 0.162 e. The van der Waals surface area contributed by atoms with Gasteiger partial charge < -0.3 is 0 Å². The summed E-state index contributed by atoms with van der Waals surface area (Å²) in [4.78, 5) is 0. The molecule has 0 aromatic heterocycles. The molecular formula is C25H34Si2. The van der Waals surface area contributed by atoms with Gasteiger partial charge in [-0.1, -0.05) is 118 Å². The molecule has 2 aromatic carbocycles. The fraction of sp³-hybridized carbons (Fsp3) is 0.360. The molecule has 0 atom stereocenters. The predicted octanol–water partition coefficient (Wildman–Crippen LogP) is 5.89. The second kappa shape index (κ2) is 9.92. The molecule has 0 nitrogen and oxygen atoms in total. The highest BCUT2D eigenvalue weighted by atomic mass is 28.3. The van der Waals surface area contributed by atoms with Gasteiger partial charge in [0.15, 0.2) is 8.07 Å². The summed E-state index contributed by atoms with van der Waals surface area (Å²) in [6.45, 7) is 11.8. The highest BCUT2D eigenvalue weighted by molar-refractivity contribution is 6.97. The van der Waals surface area contributed by atoms with Gasteiger partial charge >= 0.3 is 0 Å². The SMILES string of the molecule is CCCCCC#C[Si](C)(C)c1ccc([Si](C)(C)/C=C/c2ccccc2)cc1. The van der Waals surface area contributed by atoms with Crippen LogP contribution in [-0.4, -0.2) is 16.1 Å². The van der Waals surface area contributed by atoms with Crippen LogP contribution in [-0.2, 0) is 0 Å². The summed E-state index contributed by atoms with van der Waals surface area (Å²) < 4.78 is 0. The third-order valence-corrected chi connectivity index (χ3v) is 10.5. The van der Waals surface area contributed by atoms with Crippen LogP contribution in [0, 0.1) is 11.5 Å². The molecule has 0 amide bonds. The Bertz CT molecular complexity index is 788. The Morgan fingerprint density at radius 1 is 0.815 bits per heavy atom.